The zero-order valence-corrected chi connectivity index (χ0v) is 11.4. The molecule has 4 aromatic rings. The van der Waals surface area contributed by atoms with E-state index in [2.05, 4.69) is 15.3 Å². The van der Waals surface area contributed by atoms with Crippen LogP contribution in [0.1, 0.15) is 0 Å². The summed E-state index contributed by atoms with van der Waals surface area (Å²) in [7, 11) is 0. The Balaban J connectivity index is 2.04. The molecule has 6 nitrogen and oxygen atoms in total. The number of nitrogens with zero attached hydrogens (tertiary/aromatic N) is 4. The fourth-order valence-corrected chi connectivity index (χ4v) is 2.28. The molecule has 6 heteroatoms. The number of rotatable bonds is 2. The maximum Gasteiger partial charge on any atom is 0.293 e. The Kier molecular flexibility index (Phi) is 2.79. The van der Waals surface area contributed by atoms with E-state index in [9.17, 15) is 4.79 Å². The van der Waals surface area contributed by atoms with Crippen molar-refractivity contribution in [2.45, 2.75) is 0 Å². The average Bonchev–Trinajstić information content (AvgIpc) is 2.57. The van der Waals surface area contributed by atoms with Gasteiger partial charge < -0.3 is 4.74 Å². The summed E-state index contributed by atoms with van der Waals surface area (Å²) >= 11 is 0. The highest BCUT2D eigenvalue weighted by Crippen LogP contribution is 2.28. The van der Waals surface area contributed by atoms with Crippen LogP contribution in [-0.2, 0) is 0 Å². The van der Waals surface area contributed by atoms with E-state index >= 15 is 0 Å². The summed E-state index contributed by atoms with van der Waals surface area (Å²) in [6.07, 6.45) is 1.13. The van der Waals surface area contributed by atoms with Crippen molar-refractivity contribution >= 4 is 16.4 Å². The van der Waals surface area contributed by atoms with Gasteiger partial charge in [-0.3, -0.25) is 4.79 Å². The number of para-hydroxylation sites is 1. The van der Waals surface area contributed by atoms with E-state index in [0.717, 1.165) is 17.0 Å². The van der Waals surface area contributed by atoms with Gasteiger partial charge in [-0.1, -0.05) is 36.4 Å². The Bertz CT molecular complexity index is 1030. The second-order valence-corrected chi connectivity index (χ2v) is 4.68. The standard InChI is InChI=1S/C16H10N4O2/c21-14-10-17-18-15-12-8-4-5-9-13(12)16(19-20(14)15)22-11-6-2-1-3-7-11/h1-10H. The van der Waals surface area contributed by atoms with E-state index in [1.807, 2.05) is 54.6 Å². The zero-order valence-electron chi connectivity index (χ0n) is 11.4. The third-order valence-corrected chi connectivity index (χ3v) is 3.28. The van der Waals surface area contributed by atoms with Crippen LogP contribution in [0.2, 0.25) is 0 Å². The molecule has 106 valence electrons. The van der Waals surface area contributed by atoms with Gasteiger partial charge in [-0.25, -0.2) is 0 Å². The van der Waals surface area contributed by atoms with Crippen LogP contribution in [0.15, 0.2) is 65.6 Å². The molecule has 22 heavy (non-hydrogen) atoms. The number of hydrogen-bond donors (Lipinski definition) is 0. The van der Waals surface area contributed by atoms with Crippen molar-refractivity contribution in [3.8, 4) is 11.6 Å². The summed E-state index contributed by atoms with van der Waals surface area (Å²) in [5, 5.41) is 13.5. The monoisotopic (exact) mass is 290 g/mol. The van der Waals surface area contributed by atoms with Crippen LogP contribution >= 0.6 is 0 Å². The summed E-state index contributed by atoms with van der Waals surface area (Å²) in [6, 6.07) is 16.8. The Morgan fingerprint density at radius 1 is 0.909 bits per heavy atom. The van der Waals surface area contributed by atoms with Gasteiger partial charge in [-0.05, 0) is 18.2 Å². The van der Waals surface area contributed by atoms with Crippen molar-refractivity contribution < 1.29 is 4.74 Å². The van der Waals surface area contributed by atoms with Gasteiger partial charge in [0.15, 0.2) is 5.65 Å². The topological polar surface area (TPSA) is 69.4 Å². The SMILES string of the molecule is O=c1cnnc2c3ccccc3c(Oc3ccccc3)nn12. The molecule has 0 unspecified atom stereocenters. The van der Waals surface area contributed by atoms with Gasteiger partial charge in [0.05, 0.1) is 0 Å². The third-order valence-electron chi connectivity index (χ3n) is 3.28. The Morgan fingerprint density at radius 3 is 2.45 bits per heavy atom. The molecule has 0 aliphatic carbocycles. The lowest BCUT2D eigenvalue weighted by molar-refractivity contribution is 0.457. The van der Waals surface area contributed by atoms with E-state index in [0.29, 0.717) is 17.3 Å². The number of benzene rings is 2. The molecule has 0 N–H and O–H groups in total. The number of aromatic nitrogens is 4. The van der Waals surface area contributed by atoms with Gasteiger partial charge in [-0.15, -0.1) is 10.2 Å². The summed E-state index contributed by atoms with van der Waals surface area (Å²) in [6.45, 7) is 0. The second-order valence-electron chi connectivity index (χ2n) is 4.68. The first-order valence-corrected chi connectivity index (χ1v) is 6.69. The number of ether oxygens (including phenoxy) is 1. The number of fused-ring (bicyclic) bond motifs is 3. The normalized spacial score (nSPS) is 10.9. The molecular formula is C16H10N4O2. The molecule has 4 rings (SSSR count). The largest absolute Gasteiger partial charge is 0.437 e. The summed E-state index contributed by atoms with van der Waals surface area (Å²) in [5.41, 5.74) is 0.0529. The molecule has 0 bridgehead atoms. The van der Waals surface area contributed by atoms with Crippen molar-refractivity contribution in [2.24, 2.45) is 0 Å². The Labute approximate surface area is 124 Å². The minimum Gasteiger partial charge on any atom is -0.437 e. The molecule has 0 amide bonds. The molecule has 0 atom stereocenters. The highest BCUT2D eigenvalue weighted by atomic mass is 16.5. The van der Waals surface area contributed by atoms with Crippen LogP contribution in [0.4, 0.5) is 0 Å². The molecule has 0 spiro atoms. The second kappa shape index (κ2) is 4.92. The van der Waals surface area contributed by atoms with Crippen LogP contribution in [0.25, 0.3) is 16.4 Å². The van der Waals surface area contributed by atoms with Crippen molar-refractivity contribution in [1.29, 1.82) is 0 Å². The zero-order chi connectivity index (χ0) is 14.9. The van der Waals surface area contributed by atoms with Crippen molar-refractivity contribution in [1.82, 2.24) is 19.8 Å². The van der Waals surface area contributed by atoms with Gasteiger partial charge in [-0.2, -0.15) is 9.61 Å². The molecule has 2 aromatic carbocycles. The molecule has 0 saturated heterocycles. The third kappa shape index (κ3) is 1.98. The van der Waals surface area contributed by atoms with Crippen molar-refractivity contribution in [3.05, 3.63) is 71.1 Å². The summed E-state index contributed by atoms with van der Waals surface area (Å²) in [5.74, 6) is 0.999. The van der Waals surface area contributed by atoms with Crippen LogP contribution in [-0.4, -0.2) is 19.8 Å². The molecule has 2 heterocycles. The van der Waals surface area contributed by atoms with Gasteiger partial charge in [0.25, 0.3) is 5.56 Å². The maximum atomic E-state index is 12.0. The average molecular weight is 290 g/mol. The molecule has 2 aromatic heterocycles. The van der Waals surface area contributed by atoms with Gasteiger partial charge in [0.1, 0.15) is 11.9 Å². The molecule has 0 aliphatic rings. The van der Waals surface area contributed by atoms with Crippen molar-refractivity contribution in [2.75, 3.05) is 0 Å². The van der Waals surface area contributed by atoms with E-state index in [-0.39, 0.29) is 5.56 Å². The minimum absolute atomic E-state index is 0.351. The van der Waals surface area contributed by atoms with E-state index in [1.165, 1.54) is 4.52 Å². The maximum absolute atomic E-state index is 12.0. The predicted octanol–water partition coefficient (Wildman–Crippen LogP) is 2.43. The molecule has 0 saturated carbocycles. The first kappa shape index (κ1) is 12.5. The van der Waals surface area contributed by atoms with E-state index in [1.54, 1.807) is 0 Å². The highest BCUT2D eigenvalue weighted by Gasteiger charge is 2.12. The minimum atomic E-state index is -0.353. The fourth-order valence-electron chi connectivity index (χ4n) is 2.28. The van der Waals surface area contributed by atoms with Gasteiger partial charge in [0.2, 0.25) is 5.88 Å². The lowest BCUT2D eigenvalue weighted by Gasteiger charge is -2.09. The molecular weight excluding hydrogens is 280 g/mol. The van der Waals surface area contributed by atoms with Crippen LogP contribution < -0.4 is 10.3 Å². The summed E-state index contributed by atoms with van der Waals surface area (Å²) in [4.78, 5) is 12.0. The lowest BCUT2D eigenvalue weighted by atomic mass is 10.2. The summed E-state index contributed by atoms with van der Waals surface area (Å²) < 4.78 is 7.04. The van der Waals surface area contributed by atoms with E-state index < -0.39 is 0 Å². The lowest BCUT2D eigenvalue weighted by Crippen LogP contribution is -2.18. The molecule has 0 radical (unpaired) electrons. The first-order valence-electron chi connectivity index (χ1n) is 6.69. The van der Waals surface area contributed by atoms with Crippen molar-refractivity contribution in [3.63, 3.8) is 0 Å². The smallest absolute Gasteiger partial charge is 0.293 e. The highest BCUT2D eigenvalue weighted by molar-refractivity contribution is 5.96. The first-order chi connectivity index (χ1) is 10.8. The molecule has 0 fully saturated rings. The van der Waals surface area contributed by atoms with Gasteiger partial charge in [0, 0.05) is 10.8 Å². The van der Waals surface area contributed by atoms with Crippen LogP contribution in [0.3, 0.4) is 0 Å². The Hall–Kier alpha value is -3.28. The quantitative estimate of drug-likeness (QED) is 0.530. The van der Waals surface area contributed by atoms with Crippen LogP contribution in [0.5, 0.6) is 11.6 Å². The molecule has 0 aliphatic heterocycles. The van der Waals surface area contributed by atoms with Crippen LogP contribution in [0, 0.1) is 0 Å². The Morgan fingerprint density at radius 2 is 1.64 bits per heavy atom. The predicted molar refractivity (Wildman–Crippen MR) is 81.1 cm³/mol. The fraction of sp³-hybridized carbons (Fsp3) is 0. The van der Waals surface area contributed by atoms with E-state index in [4.69, 9.17) is 4.74 Å². The number of hydrogen-bond acceptors (Lipinski definition) is 5. The van der Waals surface area contributed by atoms with Gasteiger partial charge >= 0.3 is 0 Å².